The Morgan fingerprint density at radius 1 is 1.14 bits per heavy atom. The van der Waals surface area contributed by atoms with Crippen LogP contribution in [-0.4, -0.2) is 66.7 Å². The minimum absolute atomic E-state index is 0.213. The molecule has 6 heteroatoms. The molecule has 0 aliphatic carbocycles. The van der Waals surface area contributed by atoms with E-state index in [-0.39, 0.29) is 17.5 Å². The van der Waals surface area contributed by atoms with E-state index in [1.165, 1.54) is 0 Å². The molecule has 0 saturated carbocycles. The normalized spacial score (nSPS) is 26.0. The number of piperazine rings is 1. The molecule has 6 nitrogen and oxygen atoms in total. The van der Waals surface area contributed by atoms with Gasteiger partial charge in [0.2, 0.25) is 5.91 Å². The molecule has 2 rings (SSSR count). The molecule has 2 amide bonds. The minimum atomic E-state index is -0.360. The van der Waals surface area contributed by atoms with Crippen LogP contribution in [0.25, 0.3) is 0 Å². The van der Waals surface area contributed by atoms with Crippen molar-refractivity contribution in [1.29, 1.82) is 0 Å². The van der Waals surface area contributed by atoms with Crippen molar-refractivity contribution in [3.05, 3.63) is 0 Å². The smallest absolute Gasteiger partial charge is 0.409 e. The van der Waals surface area contributed by atoms with Gasteiger partial charge in [0.15, 0.2) is 0 Å². The fourth-order valence-corrected chi connectivity index (χ4v) is 3.35. The Morgan fingerprint density at radius 3 is 2.33 bits per heavy atom. The van der Waals surface area contributed by atoms with Gasteiger partial charge in [-0.15, -0.1) is 0 Å². The molecular formula is C15H27N3O3. The topological polar surface area (TPSA) is 61.9 Å². The van der Waals surface area contributed by atoms with Gasteiger partial charge in [-0.1, -0.05) is 13.3 Å². The summed E-state index contributed by atoms with van der Waals surface area (Å²) in [5.74, 6) is 0.213. The lowest BCUT2D eigenvalue weighted by Crippen LogP contribution is -2.59. The van der Waals surface area contributed by atoms with E-state index in [9.17, 15) is 9.59 Å². The monoisotopic (exact) mass is 297 g/mol. The SMILES string of the molecule is CCCC1(C(=O)N2CCN(C(=O)OCC)CC2)CCCN1. The molecule has 0 aromatic rings. The van der Waals surface area contributed by atoms with Gasteiger partial charge in [-0.2, -0.15) is 0 Å². The van der Waals surface area contributed by atoms with Crippen LogP contribution in [0, 0.1) is 0 Å². The summed E-state index contributed by atoms with van der Waals surface area (Å²) in [5.41, 5.74) is -0.360. The Morgan fingerprint density at radius 2 is 1.81 bits per heavy atom. The molecule has 2 heterocycles. The van der Waals surface area contributed by atoms with E-state index in [1.54, 1.807) is 11.8 Å². The van der Waals surface area contributed by atoms with Crippen molar-refractivity contribution in [3.8, 4) is 0 Å². The zero-order valence-corrected chi connectivity index (χ0v) is 13.2. The summed E-state index contributed by atoms with van der Waals surface area (Å²) in [6.45, 7) is 7.57. The molecule has 2 aliphatic heterocycles. The summed E-state index contributed by atoms with van der Waals surface area (Å²) in [4.78, 5) is 28.1. The van der Waals surface area contributed by atoms with Crippen molar-refractivity contribution in [2.24, 2.45) is 0 Å². The van der Waals surface area contributed by atoms with Gasteiger partial charge < -0.3 is 19.9 Å². The van der Waals surface area contributed by atoms with Crippen LogP contribution >= 0.6 is 0 Å². The maximum atomic E-state index is 12.8. The highest BCUT2D eigenvalue weighted by Crippen LogP contribution is 2.27. The van der Waals surface area contributed by atoms with Crippen molar-refractivity contribution in [2.75, 3.05) is 39.3 Å². The van der Waals surface area contributed by atoms with Crippen LogP contribution in [-0.2, 0) is 9.53 Å². The van der Waals surface area contributed by atoms with Crippen LogP contribution in [0.1, 0.15) is 39.5 Å². The summed E-state index contributed by atoms with van der Waals surface area (Å²) in [7, 11) is 0. The number of rotatable bonds is 4. The molecule has 2 fully saturated rings. The second-order valence-electron chi connectivity index (χ2n) is 5.84. The molecule has 0 radical (unpaired) electrons. The zero-order chi connectivity index (χ0) is 15.3. The Hall–Kier alpha value is -1.30. The molecule has 0 spiro atoms. The number of carbonyl (C=O) groups excluding carboxylic acids is 2. The molecule has 1 N–H and O–H groups in total. The van der Waals surface area contributed by atoms with Gasteiger partial charge in [0.1, 0.15) is 0 Å². The third kappa shape index (κ3) is 3.48. The average Bonchev–Trinajstić information content (AvgIpc) is 2.97. The molecule has 2 saturated heterocycles. The summed E-state index contributed by atoms with van der Waals surface area (Å²) in [6.07, 6.45) is 3.62. The van der Waals surface area contributed by atoms with E-state index in [4.69, 9.17) is 4.74 Å². The first-order chi connectivity index (χ1) is 10.1. The molecule has 0 aromatic heterocycles. The van der Waals surface area contributed by atoms with E-state index in [0.717, 1.165) is 32.2 Å². The fraction of sp³-hybridized carbons (Fsp3) is 0.867. The first kappa shape index (κ1) is 16.1. The Bertz CT molecular complexity index is 372. The molecule has 0 bridgehead atoms. The highest BCUT2D eigenvalue weighted by atomic mass is 16.6. The van der Waals surface area contributed by atoms with Gasteiger partial charge in [0.05, 0.1) is 12.1 Å². The van der Waals surface area contributed by atoms with Gasteiger partial charge >= 0.3 is 6.09 Å². The summed E-state index contributed by atoms with van der Waals surface area (Å²) >= 11 is 0. The van der Waals surface area contributed by atoms with Gasteiger partial charge in [-0.25, -0.2) is 4.79 Å². The fourth-order valence-electron chi connectivity index (χ4n) is 3.35. The average molecular weight is 297 g/mol. The number of amides is 2. The van der Waals surface area contributed by atoms with E-state index in [1.807, 2.05) is 4.90 Å². The third-order valence-electron chi connectivity index (χ3n) is 4.42. The standard InChI is InChI=1S/C15H27N3O3/c1-3-6-15(7-5-8-16-15)13(19)17-9-11-18(12-10-17)14(20)21-4-2/h16H,3-12H2,1-2H3. The van der Waals surface area contributed by atoms with E-state index >= 15 is 0 Å². The Kier molecular flexibility index (Phi) is 5.45. The first-order valence-corrected chi connectivity index (χ1v) is 8.09. The quantitative estimate of drug-likeness (QED) is 0.847. The molecular weight excluding hydrogens is 270 g/mol. The summed E-state index contributed by atoms with van der Waals surface area (Å²) in [5, 5.41) is 3.43. The van der Waals surface area contributed by atoms with Crippen molar-refractivity contribution < 1.29 is 14.3 Å². The van der Waals surface area contributed by atoms with E-state index < -0.39 is 0 Å². The van der Waals surface area contributed by atoms with Gasteiger partial charge in [0.25, 0.3) is 0 Å². The first-order valence-electron chi connectivity index (χ1n) is 8.09. The van der Waals surface area contributed by atoms with Gasteiger partial charge in [0, 0.05) is 26.2 Å². The van der Waals surface area contributed by atoms with Crippen LogP contribution in [0.5, 0.6) is 0 Å². The Labute approximate surface area is 126 Å². The molecule has 2 aliphatic rings. The highest BCUT2D eigenvalue weighted by Gasteiger charge is 2.43. The van der Waals surface area contributed by atoms with Gasteiger partial charge in [-0.3, -0.25) is 4.79 Å². The maximum Gasteiger partial charge on any atom is 0.409 e. The maximum absolute atomic E-state index is 12.8. The van der Waals surface area contributed by atoms with E-state index in [2.05, 4.69) is 12.2 Å². The van der Waals surface area contributed by atoms with Crippen LogP contribution in [0.4, 0.5) is 4.79 Å². The van der Waals surface area contributed by atoms with Crippen LogP contribution in [0.3, 0.4) is 0 Å². The van der Waals surface area contributed by atoms with Gasteiger partial charge in [-0.05, 0) is 32.7 Å². The summed E-state index contributed by atoms with van der Waals surface area (Å²) < 4.78 is 5.01. The predicted molar refractivity (Wildman–Crippen MR) is 80.1 cm³/mol. The highest BCUT2D eigenvalue weighted by molar-refractivity contribution is 5.87. The van der Waals surface area contributed by atoms with Crippen molar-refractivity contribution in [1.82, 2.24) is 15.1 Å². The number of ether oxygens (including phenoxy) is 1. The lowest BCUT2D eigenvalue weighted by molar-refractivity contribution is -0.139. The Balaban J connectivity index is 1.92. The molecule has 120 valence electrons. The van der Waals surface area contributed by atoms with Crippen LogP contribution in [0.2, 0.25) is 0 Å². The van der Waals surface area contributed by atoms with Crippen molar-refractivity contribution >= 4 is 12.0 Å². The van der Waals surface area contributed by atoms with Crippen molar-refractivity contribution in [3.63, 3.8) is 0 Å². The number of nitrogens with zero attached hydrogens (tertiary/aromatic N) is 2. The van der Waals surface area contributed by atoms with Crippen LogP contribution in [0.15, 0.2) is 0 Å². The largest absolute Gasteiger partial charge is 0.450 e. The lowest BCUT2D eigenvalue weighted by atomic mass is 9.90. The zero-order valence-electron chi connectivity index (χ0n) is 13.2. The lowest BCUT2D eigenvalue weighted by Gasteiger charge is -2.39. The predicted octanol–water partition coefficient (Wildman–Crippen LogP) is 1.21. The van der Waals surface area contributed by atoms with E-state index in [0.29, 0.717) is 32.8 Å². The molecule has 21 heavy (non-hydrogen) atoms. The molecule has 1 unspecified atom stereocenters. The van der Waals surface area contributed by atoms with Crippen molar-refractivity contribution in [2.45, 2.75) is 45.1 Å². The minimum Gasteiger partial charge on any atom is -0.450 e. The molecule has 1 atom stereocenters. The number of nitrogens with one attached hydrogen (secondary N) is 1. The summed E-state index contributed by atoms with van der Waals surface area (Å²) in [6, 6.07) is 0. The second-order valence-corrected chi connectivity index (χ2v) is 5.84. The number of hydrogen-bond acceptors (Lipinski definition) is 4. The molecule has 0 aromatic carbocycles. The number of carbonyl (C=O) groups is 2. The second kappa shape index (κ2) is 7.11. The van der Waals surface area contributed by atoms with Crippen LogP contribution < -0.4 is 5.32 Å². The number of hydrogen-bond donors (Lipinski definition) is 1. The third-order valence-corrected chi connectivity index (χ3v) is 4.42.